The summed E-state index contributed by atoms with van der Waals surface area (Å²) in [5.74, 6) is 0.520. The molecule has 0 bridgehead atoms. The van der Waals surface area contributed by atoms with E-state index >= 15 is 0 Å². The van der Waals surface area contributed by atoms with E-state index < -0.39 is 0 Å². The second-order valence-electron chi connectivity index (χ2n) is 7.78. The van der Waals surface area contributed by atoms with Crippen molar-refractivity contribution in [3.05, 3.63) is 90.1 Å². The first kappa shape index (κ1) is 20.8. The van der Waals surface area contributed by atoms with Gasteiger partial charge in [-0.15, -0.1) is 0 Å². The summed E-state index contributed by atoms with van der Waals surface area (Å²) in [4.78, 5) is 35.3. The zero-order valence-electron chi connectivity index (χ0n) is 16.8. The van der Waals surface area contributed by atoms with Crippen LogP contribution in [0.2, 0.25) is 10.0 Å². The van der Waals surface area contributed by atoms with E-state index in [0.717, 1.165) is 11.3 Å². The highest BCUT2D eigenvalue weighted by molar-refractivity contribution is 6.38. The second-order valence-corrected chi connectivity index (χ2v) is 8.62. The molecule has 162 valence electrons. The molecule has 0 radical (unpaired) electrons. The molecule has 0 spiro atoms. The normalized spacial score (nSPS) is 13.9. The van der Waals surface area contributed by atoms with E-state index in [-0.39, 0.29) is 16.0 Å². The number of aromatic amines is 1. The van der Waals surface area contributed by atoms with Crippen LogP contribution in [-0.2, 0) is 19.5 Å². The van der Waals surface area contributed by atoms with Crippen LogP contribution in [-0.4, -0.2) is 21.4 Å². The Bertz CT molecular complexity index is 1460. The molecule has 0 fully saturated rings. The lowest BCUT2D eigenvalue weighted by Crippen LogP contribution is -2.36. The molecule has 1 aliphatic rings. The summed E-state index contributed by atoms with van der Waals surface area (Å²) in [5, 5.41) is 0.996. The largest absolute Gasteiger partial charge is 0.462 e. The lowest BCUT2D eigenvalue weighted by Gasteiger charge is -2.27. The Morgan fingerprint density at radius 3 is 2.72 bits per heavy atom. The molecule has 3 heterocycles. The van der Waals surface area contributed by atoms with Crippen LogP contribution >= 0.6 is 23.2 Å². The molecule has 9 heteroatoms. The molecule has 32 heavy (non-hydrogen) atoms. The minimum atomic E-state index is -0.188. The minimum Gasteiger partial charge on any atom is -0.462 e. The van der Waals surface area contributed by atoms with Gasteiger partial charge in [0.05, 0.1) is 27.9 Å². The maximum atomic E-state index is 13.0. The van der Waals surface area contributed by atoms with Gasteiger partial charge in [-0.1, -0.05) is 23.2 Å². The number of rotatable bonds is 3. The van der Waals surface area contributed by atoms with Gasteiger partial charge in [-0.25, -0.2) is 4.98 Å². The van der Waals surface area contributed by atoms with Crippen molar-refractivity contribution in [1.82, 2.24) is 14.9 Å². The highest BCUT2D eigenvalue weighted by atomic mass is 35.5. The maximum absolute atomic E-state index is 13.0. The van der Waals surface area contributed by atoms with Crippen LogP contribution in [0.4, 0.5) is 5.69 Å². The van der Waals surface area contributed by atoms with Crippen LogP contribution < -0.4 is 16.7 Å². The van der Waals surface area contributed by atoms with E-state index in [0.29, 0.717) is 64.7 Å². The van der Waals surface area contributed by atoms with Crippen LogP contribution in [0.25, 0.3) is 22.4 Å². The molecular formula is C23H18Cl2N4O3. The lowest BCUT2D eigenvalue weighted by atomic mass is 10.1. The Kier molecular flexibility index (Phi) is 5.25. The summed E-state index contributed by atoms with van der Waals surface area (Å²) in [6, 6.07) is 10.3. The summed E-state index contributed by atoms with van der Waals surface area (Å²) in [7, 11) is 0. The smallest absolute Gasteiger partial charge is 0.255 e. The van der Waals surface area contributed by atoms with Gasteiger partial charge in [0.25, 0.3) is 5.56 Å². The highest BCUT2D eigenvalue weighted by Crippen LogP contribution is 2.27. The fourth-order valence-electron chi connectivity index (χ4n) is 3.95. The van der Waals surface area contributed by atoms with Crippen LogP contribution in [0.1, 0.15) is 16.8 Å². The van der Waals surface area contributed by atoms with E-state index in [1.807, 2.05) is 17.0 Å². The van der Waals surface area contributed by atoms with Crippen LogP contribution in [0.5, 0.6) is 0 Å². The van der Waals surface area contributed by atoms with Crippen molar-refractivity contribution in [2.45, 2.75) is 19.5 Å². The summed E-state index contributed by atoms with van der Waals surface area (Å²) >= 11 is 12.2. The molecule has 0 aliphatic carbocycles. The first-order valence-electron chi connectivity index (χ1n) is 9.99. The number of benzene rings is 2. The molecule has 0 saturated carbocycles. The fourth-order valence-corrected chi connectivity index (χ4v) is 4.49. The van der Waals surface area contributed by atoms with Gasteiger partial charge in [0, 0.05) is 47.9 Å². The Hall–Kier alpha value is -3.13. The van der Waals surface area contributed by atoms with Crippen molar-refractivity contribution in [2.75, 3.05) is 12.3 Å². The zero-order valence-corrected chi connectivity index (χ0v) is 18.3. The molecule has 7 nitrogen and oxygen atoms in total. The van der Waals surface area contributed by atoms with E-state index in [4.69, 9.17) is 33.4 Å². The molecule has 3 N–H and O–H groups in total. The fraction of sp³-hybridized carbons (Fsp3) is 0.174. The molecule has 1 aliphatic heterocycles. The Morgan fingerprint density at radius 1 is 1.16 bits per heavy atom. The number of H-pyrrole nitrogens is 1. The number of hydrogen-bond acceptors (Lipinski definition) is 6. The third-order valence-corrected chi connectivity index (χ3v) is 6.09. The first-order chi connectivity index (χ1) is 15.4. The van der Waals surface area contributed by atoms with E-state index in [9.17, 15) is 9.59 Å². The summed E-state index contributed by atoms with van der Waals surface area (Å²) < 4.78 is 5.61. The molecule has 0 unspecified atom stereocenters. The third kappa shape index (κ3) is 3.79. The molecule has 2 aromatic carbocycles. The number of halogens is 2. The van der Waals surface area contributed by atoms with Gasteiger partial charge in [0.2, 0.25) is 0 Å². The van der Waals surface area contributed by atoms with Crippen LogP contribution in [0, 0.1) is 0 Å². The van der Waals surface area contributed by atoms with Crippen molar-refractivity contribution in [3.8, 4) is 11.4 Å². The Morgan fingerprint density at radius 2 is 1.94 bits per heavy atom. The topological polar surface area (TPSA) is 105 Å². The van der Waals surface area contributed by atoms with Crippen molar-refractivity contribution in [2.24, 2.45) is 0 Å². The molecule has 0 amide bonds. The van der Waals surface area contributed by atoms with Gasteiger partial charge in [0.1, 0.15) is 5.82 Å². The third-order valence-electron chi connectivity index (χ3n) is 5.59. The number of aromatic nitrogens is 2. The van der Waals surface area contributed by atoms with Gasteiger partial charge in [-0.3, -0.25) is 14.5 Å². The molecule has 0 atom stereocenters. The monoisotopic (exact) mass is 468 g/mol. The molecular weight excluding hydrogens is 451 g/mol. The average Bonchev–Trinajstić information content (AvgIpc) is 2.77. The number of nitrogens with one attached hydrogen (secondary N) is 1. The van der Waals surface area contributed by atoms with Crippen molar-refractivity contribution in [3.63, 3.8) is 0 Å². The van der Waals surface area contributed by atoms with Gasteiger partial charge in [-0.05, 0) is 36.4 Å². The average molecular weight is 469 g/mol. The Balaban J connectivity index is 1.43. The first-order valence-corrected chi connectivity index (χ1v) is 10.7. The van der Waals surface area contributed by atoms with Crippen molar-refractivity contribution < 1.29 is 4.42 Å². The molecule has 2 aromatic heterocycles. The van der Waals surface area contributed by atoms with Crippen molar-refractivity contribution in [1.29, 1.82) is 0 Å². The van der Waals surface area contributed by atoms with E-state index in [2.05, 4.69) is 9.97 Å². The van der Waals surface area contributed by atoms with E-state index in [1.165, 1.54) is 12.3 Å². The number of nitrogens with two attached hydrogens (primary N) is 1. The number of nitrogens with zero attached hydrogens (tertiary/aromatic N) is 2. The van der Waals surface area contributed by atoms with E-state index in [1.54, 1.807) is 18.2 Å². The van der Waals surface area contributed by atoms with Crippen LogP contribution in [0.15, 0.2) is 56.7 Å². The Labute approximate surface area is 192 Å². The maximum Gasteiger partial charge on any atom is 0.255 e. The predicted octanol–water partition coefficient (Wildman–Crippen LogP) is 3.99. The number of fused-ring (bicyclic) bond motifs is 2. The summed E-state index contributed by atoms with van der Waals surface area (Å²) in [6.45, 7) is 1.37. The minimum absolute atomic E-state index is 0.185. The van der Waals surface area contributed by atoms with Crippen molar-refractivity contribution >= 4 is 39.9 Å². The second kappa shape index (κ2) is 8.09. The predicted molar refractivity (Wildman–Crippen MR) is 125 cm³/mol. The van der Waals surface area contributed by atoms with Gasteiger partial charge >= 0.3 is 0 Å². The quantitative estimate of drug-likeness (QED) is 0.440. The standard InChI is InChI=1S/C23H18Cl2N4O3/c24-14-7-16-20(30)13(11-32-21(16)18(25)8-14)9-29-6-5-19-17(10-29)23(31)28-22(27-19)12-1-3-15(26)4-2-12/h1-4,7-8,11H,5-6,9-10,26H2,(H,27,28,31). The summed E-state index contributed by atoms with van der Waals surface area (Å²) in [5.41, 5.74) is 8.96. The number of nitrogen functional groups attached to an aromatic ring is 1. The van der Waals surface area contributed by atoms with Gasteiger partial charge in [-0.2, -0.15) is 0 Å². The SMILES string of the molecule is Nc1ccc(-c2nc3c(c(=O)[nH]2)CN(Cc2coc4c(Cl)cc(Cl)cc4c2=O)CC3)cc1. The van der Waals surface area contributed by atoms with Crippen LogP contribution in [0.3, 0.4) is 0 Å². The number of hydrogen-bond donors (Lipinski definition) is 2. The summed E-state index contributed by atoms with van der Waals surface area (Å²) in [6.07, 6.45) is 2.02. The lowest BCUT2D eigenvalue weighted by molar-refractivity contribution is 0.239. The molecule has 4 aromatic rings. The zero-order chi connectivity index (χ0) is 22.4. The highest BCUT2D eigenvalue weighted by Gasteiger charge is 2.23. The number of anilines is 1. The molecule has 5 rings (SSSR count). The van der Waals surface area contributed by atoms with Gasteiger partial charge in [0.15, 0.2) is 11.0 Å². The van der Waals surface area contributed by atoms with Gasteiger partial charge < -0.3 is 15.1 Å². The molecule has 0 saturated heterocycles.